The maximum Gasteiger partial charge on any atom is 0.153 e. The van der Waals surface area contributed by atoms with Gasteiger partial charge in [-0.25, -0.2) is 13.8 Å². The number of hydrogen-bond donors (Lipinski definition) is 0. The summed E-state index contributed by atoms with van der Waals surface area (Å²) in [4.78, 5) is 4.25. The third kappa shape index (κ3) is 2.90. The number of hydrogen-bond acceptors (Lipinski definition) is 2. The molecule has 21 heavy (non-hydrogen) atoms. The molecule has 1 aliphatic rings. The van der Waals surface area contributed by atoms with Gasteiger partial charge in [0.05, 0.1) is 23.5 Å². The molecule has 1 aromatic carbocycles. The van der Waals surface area contributed by atoms with E-state index in [9.17, 15) is 8.78 Å². The van der Waals surface area contributed by atoms with Gasteiger partial charge in [-0.05, 0) is 32.3 Å². The van der Waals surface area contributed by atoms with E-state index in [0.29, 0.717) is 17.9 Å². The lowest BCUT2D eigenvalue weighted by Crippen LogP contribution is -2.25. The lowest BCUT2D eigenvalue weighted by atomic mass is 10.1. The monoisotopic (exact) mass is 314 g/mol. The van der Waals surface area contributed by atoms with Gasteiger partial charge in [-0.1, -0.05) is 0 Å². The van der Waals surface area contributed by atoms with Crippen molar-refractivity contribution in [2.24, 2.45) is 0 Å². The van der Waals surface area contributed by atoms with Crippen LogP contribution in [0, 0.1) is 11.6 Å². The highest BCUT2D eigenvalue weighted by Gasteiger charge is 2.22. The second-order valence-electron chi connectivity index (χ2n) is 5.44. The highest BCUT2D eigenvalue weighted by molar-refractivity contribution is 6.20. The number of halogens is 3. The predicted molar refractivity (Wildman–Crippen MR) is 77.5 cm³/mol. The Bertz CT molecular complexity index is 651. The fraction of sp³-hybridized carbons (Fsp3) is 0.533. The molecule has 2 heterocycles. The van der Waals surface area contributed by atoms with Gasteiger partial charge in [-0.15, -0.1) is 11.6 Å². The number of fused-ring (bicyclic) bond motifs is 1. The zero-order valence-electron chi connectivity index (χ0n) is 11.8. The molecule has 0 bridgehead atoms. The van der Waals surface area contributed by atoms with Crippen LogP contribution in [0.3, 0.4) is 0 Å². The van der Waals surface area contributed by atoms with Crippen LogP contribution in [0.5, 0.6) is 0 Å². The van der Waals surface area contributed by atoms with Crippen LogP contribution in [0.2, 0.25) is 0 Å². The van der Waals surface area contributed by atoms with Crippen LogP contribution < -0.4 is 0 Å². The molecular weight excluding hydrogens is 298 g/mol. The van der Waals surface area contributed by atoms with Crippen molar-refractivity contribution >= 4 is 22.6 Å². The zero-order valence-corrected chi connectivity index (χ0v) is 12.5. The summed E-state index contributed by atoms with van der Waals surface area (Å²) in [5.41, 5.74) is 0.596. The molecule has 0 spiro atoms. The lowest BCUT2D eigenvalue weighted by molar-refractivity contribution is 0.00618. The second kappa shape index (κ2) is 5.89. The topological polar surface area (TPSA) is 27.1 Å². The highest BCUT2D eigenvalue weighted by Crippen LogP contribution is 2.28. The predicted octanol–water partition coefficient (Wildman–Crippen LogP) is 4.18. The van der Waals surface area contributed by atoms with E-state index < -0.39 is 11.6 Å². The molecule has 1 fully saturated rings. The Kier molecular flexibility index (Phi) is 4.13. The van der Waals surface area contributed by atoms with E-state index in [-0.39, 0.29) is 17.0 Å². The van der Waals surface area contributed by atoms with Crippen molar-refractivity contribution in [3.8, 4) is 0 Å². The molecule has 1 saturated heterocycles. The maximum absolute atomic E-state index is 13.9. The summed E-state index contributed by atoms with van der Waals surface area (Å²) < 4.78 is 34.9. The van der Waals surface area contributed by atoms with Crippen LogP contribution in [-0.2, 0) is 11.3 Å². The van der Waals surface area contributed by atoms with Crippen LogP contribution >= 0.6 is 11.6 Å². The molecule has 1 aliphatic heterocycles. The summed E-state index contributed by atoms with van der Waals surface area (Å²) in [5, 5.41) is -0.386. The van der Waals surface area contributed by atoms with Gasteiger partial charge >= 0.3 is 0 Å². The van der Waals surface area contributed by atoms with Crippen molar-refractivity contribution in [1.82, 2.24) is 9.55 Å². The van der Waals surface area contributed by atoms with Gasteiger partial charge in [0.2, 0.25) is 0 Å². The summed E-state index contributed by atoms with van der Waals surface area (Å²) in [6.45, 7) is 3.02. The van der Waals surface area contributed by atoms with Crippen LogP contribution in [0.4, 0.5) is 8.78 Å². The Morgan fingerprint density at radius 1 is 1.43 bits per heavy atom. The molecule has 1 aromatic heterocycles. The van der Waals surface area contributed by atoms with Gasteiger partial charge in [-0.3, -0.25) is 0 Å². The molecule has 0 saturated carbocycles. The van der Waals surface area contributed by atoms with E-state index in [2.05, 4.69) is 4.98 Å². The molecule has 3 rings (SSSR count). The number of rotatable bonds is 3. The fourth-order valence-corrected chi connectivity index (χ4v) is 2.98. The van der Waals surface area contributed by atoms with Crippen molar-refractivity contribution in [2.75, 3.05) is 6.61 Å². The molecule has 0 amide bonds. The van der Waals surface area contributed by atoms with Crippen molar-refractivity contribution < 1.29 is 13.5 Å². The smallest absolute Gasteiger partial charge is 0.153 e. The highest BCUT2D eigenvalue weighted by atomic mass is 35.5. The normalized spacial score (nSPS) is 20.9. The minimum absolute atomic E-state index is 0.0386. The SMILES string of the molecule is CC(Cl)c1nc2c(F)cc(F)cc2n1CC1CCCCO1. The first-order chi connectivity index (χ1) is 10.1. The van der Waals surface area contributed by atoms with Gasteiger partial charge < -0.3 is 9.30 Å². The van der Waals surface area contributed by atoms with E-state index in [1.165, 1.54) is 6.07 Å². The number of benzene rings is 1. The van der Waals surface area contributed by atoms with Crippen molar-refractivity contribution in [3.05, 3.63) is 29.6 Å². The van der Waals surface area contributed by atoms with Crippen molar-refractivity contribution in [3.63, 3.8) is 0 Å². The minimum Gasteiger partial charge on any atom is -0.376 e. The molecule has 0 aliphatic carbocycles. The van der Waals surface area contributed by atoms with E-state index in [0.717, 1.165) is 31.9 Å². The molecule has 6 heteroatoms. The first kappa shape index (κ1) is 14.7. The summed E-state index contributed by atoms with van der Waals surface area (Å²) in [6, 6.07) is 2.15. The lowest BCUT2D eigenvalue weighted by Gasteiger charge is -2.24. The first-order valence-corrected chi connectivity index (χ1v) is 7.60. The third-order valence-electron chi connectivity index (χ3n) is 3.82. The Balaban J connectivity index is 2.06. The van der Waals surface area contributed by atoms with Gasteiger partial charge in [0.25, 0.3) is 0 Å². The Labute approximate surface area is 126 Å². The van der Waals surface area contributed by atoms with Gasteiger partial charge in [0.1, 0.15) is 17.2 Å². The van der Waals surface area contributed by atoms with Crippen LogP contribution in [0.25, 0.3) is 11.0 Å². The van der Waals surface area contributed by atoms with E-state index >= 15 is 0 Å². The van der Waals surface area contributed by atoms with Gasteiger partial charge in [-0.2, -0.15) is 0 Å². The summed E-state index contributed by atoms with van der Waals surface area (Å²) in [5.74, 6) is -0.725. The summed E-state index contributed by atoms with van der Waals surface area (Å²) in [6.07, 6.45) is 3.14. The first-order valence-electron chi connectivity index (χ1n) is 7.17. The third-order valence-corrected chi connectivity index (χ3v) is 4.01. The maximum atomic E-state index is 13.9. The Morgan fingerprint density at radius 3 is 2.90 bits per heavy atom. The number of ether oxygens (including phenoxy) is 1. The molecular formula is C15H17ClF2N2O. The van der Waals surface area contributed by atoms with Gasteiger partial charge in [0.15, 0.2) is 5.82 Å². The average Bonchev–Trinajstić information content (AvgIpc) is 2.79. The number of alkyl halides is 1. The molecule has 2 unspecified atom stereocenters. The molecule has 114 valence electrons. The molecule has 2 atom stereocenters. The number of aromatic nitrogens is 2. The quantitative estimate of drug-likeness (QED) is 0.795. The molecule has 3 nitrogen and oxygen atoms in total. The van der Waals surface area contributed by atoms with Crippen molar-refractivity contribution in [2.45, 2.75) is 44.2 Å². The number of imidazole rings is 1. The molecule has 2 aromatic rings. The minimum atomic E-state index is -0.660. The molecule has 0 radical (unpaired) electrons. The van der Waals surface area contributed by atoms with Crippen LogP contribution in [0.15, 0.2) is 12.1 Å². The van der Waals surface area contributed by atoms with E-state index in [1.807, 2.05) is 0 Å². The van der Waals surface area contributed by atoms with Gasteiger partial charge in [0, 0.05) is 12.7 Å². The number of nitrogens with zero attached hydrogens (tertiary/aromatic N) is 2. The van der Waals surface area contributed by atoms with Crippen molar-refractivity contribution in [1.29, 1.82) is 0 Å². The average molecular weight is 315 g/mol. The Morgan fingerprint density at radius 2 is 2.24 bits per heavy atom. The zero-order chi connectivity index (χ0) is 15.0. The fourth-order valence-electron chi connectivity index (χ4n) is 2.82. The second-order valence-corrected chi connectivity index (χ2v) is 6.10. The largest absolute Gasteiger partial charge is 0.376 e. The van der Waals surface area contributed by atoms with E-state index in [4.69, 9.17) is 16.3 Å². The Hall–Kier alpha value is -1.20. The van der Waals surface area contributed by atoms with Crippen LogP contribution in [-0.4, -0.2) is 22.3 Å². The summed E-state index contributed by atoms with van der Waals surface area (Å²) in [7, 11) is 0. The van der Waals surface area contributed by atoms with E-state index in [1.54, 1.807) is 11.5 Å². The van der Waals surface area contributed by atoms with Crippen LogP contribution in [0.1, 0.15) is 37.4 Å². The molecule has 0 N–H and O–H groups in total. The summed E-state index contributed by atoms with van der Waals surface area (Å²) >= 11 is 6.15. The standard InChI is InChI=1S/C15H17ClF2N2O/c1-9(16)15-19-14-12(18)6-10(17)7-13(14)20(15)8-11-4-2-3-5-21-11/h6-7,9,11H,2-5,8H2,1H3.